The lowest BCUT2D eigenvalue weighted by atomic mass is 9.97. The van der Waals surface area contributed by atoms with E-state index in [-0.39, 0.29) is 5.92 Å². The number of rotatable bonds is 5. The van der Waals surface area contributed by atoms with E-state index in [1.54, 1.807) is 0 Å². The Morgan fingerprint density at radius 2 is 1.95 bits per heavy atom. The fourth-order valence-corrected chi connectivity index (χ4v) is 2.25. The maximum atomic E-state index is 5.79. The highest BCUT2D eigenvalue weighted by atomic mass is 79.9. The second-order valence-corrected chi connectivity index (χ2v) is 5.94. The molecule has 4 nitrogen and oxygen atoms in total. The lowest BCUT2D eigenvalue weighted by Crippen LogP contribution is -2.15. The molecule has 1 atom stereocenters. The van der Waals surface area contributed by atoms with E-state index in [0.29, 0.717) is 24.2 Å². The van der Waals surface area contributed by atoms with Gasteiger partial charge in [-0.3, -0.25) is 0 Å². The topological polar surface area (TPSA) is 64.9 Å². The molecular weight excluding hydrogens is 306 g/mol. The summed E-state index contributed by atoms with van der Waals surface area (Å²) in [4.78, 5) is 4.46. The molecule has 2 rings (SSSR count). The van der Waals surface area contributed by atoms with Crippen LogP contribution in [0.25, 0.3) is 11.4 Å². The number of hydrogen-bond donors (Lipinski definition) is 1. The predicted molar refractivity (Wildman–Crippen MR) is 78.7 cm³/mol. The van der Waals surface area contributed by atoms with E-state index in [1.807, 2.05) is 24.3 Å². The van der Waals surface area contributed by atoms with Crippen molar-refractivity contribution < 1.29 is 4.52 Å². The smallest absolute Gasteiger partial charge is 0.231 e. The minimum absolute atomic E-state index is 0.136. The van der Waals surface area contributed by atoms with Crippen molar-refractivity contribution in [2.24, 2.45) is 11.7 Å². The van der Waals surface area contributed by atoms with E-state index in [4.69, 9.17) is 10.3 Å². The molecule has 2 aromatic rings. The molecule has 1 heterocycles. The van der Waals surface area contributed by atoms with Crippen molar-refractivity contribution in [3.63, 3.8) is 0 Å². The molecule has 0 spiro atoms. The van der Waals surface area contributed by atoms with Crippen molar-refractivity contribution in [2.75, 3.05) is 6.54 Å². The van der Waals surface area contributed by atoms with E-state index in [2.05, 4.69) is 39.9 Å². The average molecular weight is 324 g/mol. The van der Waals surface area contributed by atoms with Gasteiger partial charge in [0.15, 0.2) is 0 Å². The van der Waals surface area contributed by atoms with Gasteiger partial charge in [-0.1, -0.05) is 34.9 Å². The maximum absolute atomic E-state index is 5.79. The molecule has 5 heteroatoms. The standard InChI is InChI=1S/C14H18BrN3O/c1-9(2)7-11(8-16)14-17-13(18-19-14)10-3-5-12(15)6-4-10/h3-6,9,11H,7-8,16H2,1-2H3. The van der Waals surface area contributed by atoms with Gasteiger partial charge in [-0.2, -0.15) is 4.98 Å². The van der Waals surface area contributed by atoms with Gasteiger partial charge in [-0.25, -0.2) is 0 Å². The van der Waals surface area contributed by atoms with E-state index in [0.717, 1.165) is 16.5 Å². The Kier molecular flexibility index (Phi) is 4.71. The third kappa shape index (κ3) is 3.64. The van der Waals surface area contributed by atoms with Crippen LogP contribution < -0.4 is 5.73 Å². The van der Waals surface area contributed by atoms with Crippen molar-refractivity contribution in [1.82, 2.24) is 10.1 Å². The predicted octanol–water partition coefficient (Wildman–Crippen LogP) is 3.59. The third-order valence-corrected chi connectivity index (χ3v) is 3.46. The maximum Gasteiger partial charge on any atom is 0.231 e. The quantitative estimate of drug-likeness (QED) is 0.913. The first-order chi connectivity index (χ1) is 9.10. The Hall–Kier alpha value is -1.20. The molecule has 1 unspecified atom stereocenters. The summed E-state index contributed by atoms with van der Waals surface area (Å²) in [5.74, 6) is 1.94. The normalized spacial score (nSPS) is 12.9. The molecule has 0 saturated carbocycles. The van der Waals surface area contributed by atoms with Crippen LogP contribution in [0.15, 0.2) is 33.3 Å². The molecule has 0 radical (unpaired) electrons. The van der Waals surface area contributed by atoms with Crippen LogP contribution in [0.1, 0.15) is 32.1 Å². The van der Waals surface area contributed by atoms with Crippen molar-refractivity contribution >= 4 is 15.9 Å². The van der Waals surface area contributed by atoms with Crippen molar-refractivity contribution in [2.45, 2.75) is 26.2 Å². The molecular formula is C14H18BrN3O. The zero-order valence-corrected chi connectivity index (χ0v) is 12.7. The molecule has 19 heavy (non-hydrogen) atoms. The van der Waals surface area contributed by atoms with Crippen LogP contribution in [-0.4, -0.2) is 16.7 Å². The number of nitrogens with zero attached hydrogens (tertiary/aromatic N) is 2. The molecule has 0 aliphatic heterocycles. The molecule has 0 bridgehead atoms. The van der Waals surface area contributed by atoms with Crippen molar-refractivity contribution in [3.05, 3.63) is 34.6 Å². The summed E-state index contributed by atoms with van der Waals surface area (Å²) in [5.41, 5.74) is 6.73. The average Bonchev–Trinajstić information content (AvgIpc) is 2.86. The first-order valence-corrected chi connectivity index (χ1v) is 7.19. The van der Waals surface area contributed by atoms with Gasteiger partial charge >= 0.3 is 0 Å². The summed E-state index contributed by atoms with van der Waals surface area (Å²) in [6.45, 7) is 4.85. The largest absolute Gasteiger partial charge is 0.339 e. The zero-order valence-electron chi connectivity index (χ0n) is 11.1. The Morgan fingerprint density at radius 1 is 1.26 bits per heavy atom. The molecule has 0 aliphatic carbocycles. The van der Waals surface area contributed by atoms with E-state index in [1.165, 1.54) is 0 Å². The summed E-state index contributed by atoms with van der Waals surface area (Å²) in [5, 5.41) is 4.04. The fraction of sp³-hybridized carbons (Fsp3) is 0.429. The van der Waals surface area contributed by atoms with Crippen LogP contribution in [0.5, 0.6) is 0 Å². The highest BCUT2D eigenvalue weighted by molar-refractivity contribution is 9.10. The summed E-state index contributed by atoms with van der Waals surface area (Å²) in [6, 6.07) is 7.83. The van der Waals surface area contributed by atoms with Crippen molar-refractivity contribution in [3.8, 4) is 11.4 Å². The summed E-state index contributed by atoms with van der Waals surface area (Å²) in [7, 11) is 0. The number of nitrogens with two attached hydrogens (primary N) is 1. The molecule has 0 aliphatic rings. The zero-order chi connectivity index (χ0) is 13.8. The van der Waals surface area contributed by atoms with Gasteiger partial charge in [0.2, 0.25) is 11.7 Å². The number of aromatic nitrogens is 2. The third-order valence-electron chi connectivity index (χ3n) is 2.93. The Labute approximate surface area is 121 Å². The Morgan fingerprint density at radius 3 is 2.53 bits per heavy atom. The van der Waals surface area contributed by atoms with Gasteiger partial charge in [0.05, 0.1) is 5.92 Å². The van der Waals surface area contributed by atoms with Crippen LogP contribution in [0.4, 0.5) is 0 Å². The fourth-order valence-electron chi connectivity index (χ4n) is 1.98. The van der Waals surface area contributed by atoms with Gasteiger partial charge in [0.1, 0.15) is 0 Å². The second-order valence-electron chi connectivity index (χ2n) is 5.03. The van der Waals surface area contributed by atoms with Crippen LogP contribution >= 0.6 is 15.9 Å². The van der Waals surface area contributed by atoms with E-state index >= 15 is 0 Å². The number of benzene rings is 1. The summed E-state index contributed by atoms with van der Waals surface area (Å²) >= 11 is 3.40. The monoisotopic (exact) mass is 323 g/mol. The Bertz CT molecular complexity index is 522. The number of halogens is 1. The molecule has 1 aromatic carbocycles. The first kappa shape index (κ1) is 14.2. The molecule has 0 saturated heterocycles. The Balaban J connectivity index is 2.20. The van der Waals surface area contributed by atoms with Crippen molar-refractivity contribution in [1.29, 1.82) is 0 Å². The molecule has 2 N–H and O–H groups in total. The summed E-state index contributed by atoms with van der Waals surface area (Å²) < 4.78 is 6.38. The lowest BCUT2D eigenvalue weighted by molar-refractivity contribution is 0.335. The van der Waals surface area contributed by atoms with E-state index < -0.39 is 0 Å². The first-order valence-electron chi connectivity index (χ1n) is 6.39. The van der Waals surface area contributed by atoms with Crippen LogP contribution in [0.3, 0.4) is 0 Å². The minimum atomic E-state index is 0.136. The van der Waals surface area contributed by atoms with Gasteiger partial charge < -0.3 is 10.3 Å². The summed E-state index contributed by atoms with van der Waals surface area (Å²) in [6.07, 6.45) is 0.957. The number of hydrogen-bond acceptors (Lipinski definition) is 4. The highest BCUT2D eigenvalue weighted by Crippen LogP contribution is 2.24. The van der Waals surface area contributed by atoms with Gasteiger partial charge in [0.25, 0.3) is 0 Å². The van der Waals surface area contributed by atoms with Gasteiger partial charge in [-0.15, -0.1) is 0 Å². The van der Waals surface area contributed by atoms with Gasteiger partial charge in [-0.05, 0) is 36.6 Å². The van der Waals surface area contributed by atoms with Crippen LogP contribution in [0.2, 0.25) is 0 Å². The SMILES string of the molecule is CC(C)CC(CN)c1nc(-c2ccc(Br)cc2)no1. The van der Waals surface area contributed by atoms with E-state index in [9.17, 15) is 0 Å². The molecule has 0 amide bonds. The molecule has 102 valence electrons. The highest BCUT2D eigenvalue weighted by Gasteiger charge is 2.19. The second kappa shape index (κ2) is 6.30. The lowest BCUT2D eigenvalue weighted by Gasteiger charge is -2.11. The molecule has 1 aromatic heterocycles. The minimum Gasteiger partial charge on any atom is -0.339 e. The van der Waals surface area contributed by atoms with Crippen LogP contribution in [0, 0.1) is 5.92 Å². The van der Waals surface area contributed by atoms with Gasteiger partial charge in [0, 0.05) is 16.6 Å². The molecule has 0 fully saturated rings. The van der Waals surface area contributed by atoms with Crippen LogP contribution in [-0.2, 0) is 0 Å².